The minimum atomic E-state index is -1.02. The number of rotatable bonds is 3. The van der Waals surface area contributed by atoms with E-state index in [1.54, 1.807) is 0 Å². The van der Waals surface area contributed by atoms with E-state index in [1.165, 1.54) is 23.1 Å². The van der Waals surface area contributed by atoms with Gasteiger partial charge in [-0.3, -0.25) is 14.9 Å². The Balaban J connectivity index is 2.29. The van der Waals surface area contributed by atoms with Gasteiger partial charge in [0.2, 0.25) is 0 Å². The van der Waals surface area contributed by atoms with E-state index in [2.05, 4.69) is 0 Å². The third-order valence-corrected chi connectivity index (χ3v) is 4.09. The summed E-state index contributed by atoms with van der Waals surface area (Å²) in [6.07, 6.45) is 1.08. The molecule has 1 aliphatic heterocycles. The van der Waals surface area contributed by atoms with Gasteiger partial charge in [-0.1, -0.05) is 0 Å². The predicted octanol–water partition coefficient (Wildman–Crippen LogP) is 1.89. The van der Waals surface area contributed by atoms with Gasteiger partial charge >= 0.3 is 5.97 Å². The largest absolute Gasteiger partial charge is 0.480 e. The number of amides is 1. The van der Waals surface area contributed by atoms with Gasteiger partial charge in [-0.25, -0.2) is 4.79 Å². The van der Waals surface area contributed by atoms with Crippen molar-refractivity contribution in [1.29, 1.82) is 0 Å². The Kier molecular flexibility index (Phi) is 4.21. The van der Waals surface area contributed by atoms with Gasteiger partial charge in [-0.15, -0.1) is 0 Å². The molecule has 1 atom stereocenters. The first-order valence-corrected chi connectivity index (χ1v) is 6.97. The summed E-state index contributed by atoms with van der Waals surface area (Å²) >= 11 is 1.85. The van der Waals surface area contributed by atoms with Crippen LogP contribution in [0.25, 0.3) is 0 Å². The van der Waals surface area contributed by atoms with Crippen molar-refractivity contribution in [1.82, 2.24) is 4.90 Å². The molecule has 0 bridgehead atoms. The summed E-state index contributed by atoms with van der Waals surface area (Å²) in [4.78, 5) is 34.9. The number of carbonyl (C=O) groups is 2. The normalized spacial score (nSPS) is 18.1. The van der Waals surface area contributed by atoms with Crippen molar-refractivity contribution in [2.24, 2.45) is 0 Å². The molecule has 1 N–H and O–H groups in total. The molecule has 1 fully saturated rings. The lowest BCUT2D eigenvalue weighted by Gasteiger charge is -2.21. The van der Waals surface area contributed by atoms with E-state index in [0.717, 1.165) is 0 Å². The van der Waals surface area contributed by atoms with E-state index in [1.807, 2.05) is 22.6 Å². The number of carbonyl (C=O) groups excluding carboxylic acids is 1. The highest BCUT2D eigenvalue weighted by molar-refractivity contribution is 14.1. The molecule has 106 valence electrons. The molecule has 0 radical (unpaired) electrons. The molecule has 8 heteroatoms. The smallest absolute Gasteiger partial charge is 0.326 e. The molecule has 1 aliphatic rings. The number of benzene rings is 1. The van der Waals surface area contributed by atoms with Gasteiger partial charge in [-0.2, -0.15) is 0 Å². The van der Waals surface area contributed by atoms with Crippen molar-refractivity contribution in [3.8, 4) is 0 Å². The fraction of sp³-hybridized carbons (Fsp3) is 0.333. The lowest BCUT2D eigenvalue weighted by Crippen LogP contribution is -2.40. The van der Waals surface area contributed by atoms with Crippen molar-refractivity contribution in [2.75, 3.05) is 6.54 Å². The zero-order valence-electron chi connectivity index (χ0n) is 10.3. The van der Waals surface area contributed by atoms with Crippen LogP contribution in [-0.4, -0.2) is 39.4 Å². The third kappa shape index (κ3) is 2.74. The third-order valence-electron chi connectivity index (χ3n) is 3.19. The topological polar surface area (TPSA) is 101 Å². The van der Waals surface area contributed by atoms with Crippen molar-refractivity contribution < 1.29 is 19.6 Å². The number of hydrogen-bond donors (Lipinski definition) is 1. The van der Waals surface area contributed by atoms with E-state index in [-0.39, 0.29) is 5.69 Å². The maximum atomic E-state index is 12.4. The van der Waals surface area contributed by atoms with Gasteiger partial charge in [0.05, 0.1) is 10.5 Å². The van der Waals surface area contributed by atoms with Crippen molar-refractivity contribution >= 4 is 40.2 Å². The number of carboxylic acid groups (broad SMARTS) is 1. The predicted molar refractivity (Wildman–Crippen MR) is 77.5 cm³/mol. The maximum absolute atomic E-state index is 12.4. The Bertz CT molecular complexity index is 589. The second-order valence-electron chi connectivity index (χ2n) is 4.42. The summed E-state index contributed by atoms with van der Waals surface area (Å²) in [6, 6.07) is 3.12. The highest BCUT2D eigenvalue weighted by Gasteiger charge is 2.35. The molecular formula is C12H11IN2O5. The van der Waals surface area contributed by atoms with Gasteiger partial charge in [0.1, 0.15) is 6.04 Å². The summed E-state index contributed by atoms with van der Waals surface area (Å²) in [5, 5.41) is 19.7. The first-order valence-electron chi connectivity index (χ1n) is 5.89. The summed E-state index contributed by atoms with van der Waals surface area (Å²) < 4.78 is 0.442. The van der Waals surface area contributed by atoms with E-state index < -0.39 is 22.8 Å². The number of aliphatic carboxylic acids is 1. The SMILES string of the molecule is O=C(O)C1CCCN1C(=O)c1ccc([N+](=O)[O-])cc1I. The van der Waals surface area contributed by atoms with Crippen molar-refractivity contribution in [3.63, 3.8) is 0 Å². The molecule has 0 aliphatic carbocycles. The molecule has 7 nitrogen and oxygen atoms in total. The van der Waals surface area contributed by atoms with Crippen LogP contribution in [0.5, 0.6) is 0 Å². The number of non-ortho nitro benzene ring substituents is 1. The fourth-order valence-corrected chi connectivity index (χ4v) is 2.94. The molecule has 2 rings (SSSR count). The minimum Gasteiger partial charge on any atom is -0.480 e. The lowest BCUT2D eigenvalue weighted by atomic mass is 10.1. The maximum Gasteiger partial charge on any atom is 0.326 e. The first kappa shape index (κ1) is 14.7. The van der Waals surface area contributed by atoms with E-state index >= 15 is 0 Å². The Labute approximate surface area is 127 Å². The van der Waals surface area contributed by atoms with E-state index in [9.17, 15) is 19.7 Å². The summed E-state index contributed by atoms with van der Waals surface area (Å²) in [6.45, 7) is 0.392. The number of nitrogens with zero attached hydrogens (tertiary/aromatic N) is 2. The molecule has 0 spiro atoms. The highest BCUT2D eigenvalue weighted by atomic mass is 127. The molecule has 0 saturated carbocycles. The molecule has 1 saturated heterocycles. The summed E-state index contributed by atoms with van der Waals surface area (Å²) in [7, 11) is 0. The van der Waals surface area contributed by atoms with Crippen LogP contribution < -0.4 is 0 Å². The van der Waals surface area contributed by atoms with E-state index in [0.29, 0.717) is 28.5 Å². The Morgan fingerprint density at radius 1 is 1.45 bits per heavy atom. The molecule has 1 unspecified atom stereocenters. The monoisotopic (exact) mass is 390 g/mol. The van der Waals surface area contributed by atoms with Crippen LogP contribution in [0.2, 0.25) is 0 Å². The Morgan fingerprint density at radius 3 is 2.70 bits per heavy atom. The van der Waals surface area contributed by atoms with Crippen LogP contribution in [0.15, 0.2) is 18.2 Å². The van der Waals surface area contributed by atoms with Gasteiger partial charge < -0.3 is 10.0 Å². The number of carboxylic acids is 1. The average molecular weight is 390 g/mol. The summed E-state index contributed by atoms with van der Waals surface area (Å²) in [5.41, 5.74) is 0.200. The number of nitro benzene ring substituents is 1. The van der Waals surface area contributed by atoms with Crippen molar-refractivity contribution in [3.05, 3.63) is 37.4 Å². The number of halogens is 1. The van der Waals surface area contributed by atoms with Crippen LogP contribution in [0.1, 0.15) is 23.2 Å². The summed E-state index contributed by atoms with van der Waals surface area (Å²) in [5.74, 6) is -1.41. The average Bonchev–Trinajstić information content (AvgIpc) is 2.87. The second-order valence-corrected chi connectivity index (χ2v) is 5.58. The number of likely N-dealkylation sites (tertiary alicyclic amines) is 1. The van der Waals surface area contributed by atoms with Gasteiger partial charge in [0.15, 0.2) is 0 Å². The molecule has 1 aromatic rings. The quantitative estimate of drug-likeness (QED) is 0.483. The van der Waals surface area contributed by atoms with Gasteiger partial charge in [-0.05, 0) is 41.5 Å². The fourth-order valence-electron chi connectivity index (χ4n) is 2.21. The molecule has 1 heterocycles. The highest BCUT2D eigenvalue weighted by Crippen LogP contribution is 2.25. The van der Waals surface area contributed by atoms with Gasteiger partial charge in [0.25, 0.3) is 11.6 Å². The first-order chi connectivity index (χ1) is 9.41. The molecular weight excluding hydrogens is 379 g/mol. The van der Waals surface area contributed by atoms with E-state index in [4.69, 9.17) is 5.11 Å². The molecule has 1 amide bonds. The molecule has 0 aromatic heterocycles. The molecule has 20 heavy (non-hydrogen) atoms. The van der Waals surface area contributed by atoms with Crippen LogP contribution in [0.4, 0.5) is 5.69 Å². The van der Waals surface area contributed by atoms with Crippen LogP contribution in [-0.2, 0) is 4.79 Å². The second kappa shape index (κ2) is 5.73. The molecule has 1 aromatic carbocycles. The zero-order chi connectivity index (χ0) is 14.9. The van der Waals surface area contributed by atoms with Crippen LogP contribution in [0, 0.1) is 13.7 Å². The standard InChI is InChI=1S/C12H11IN2O5/c13-9-6-7(15(19)20)3-4-8(9)11(16)14-5-1-2-10(14)12(17)18/h3-4,6,10H,1-2,5H2,(H,17,18). The number of hydrogen-bond acceptors (Lipinski definition) is 4. The Hall–Kier alpha value is -1.71. The lowest BCUT2D eigenvalue weighted by molar-refractivity contribution is -0.384. The van der Waals surface area contributed by atoms with Crippen LogP contribution in [0.3, 0.4) is 0 Å². The minimum absolute atomic E-state index is 0.0952. The van der Waals surface area contributed by atoms with Crippen LogP contribution >= 0.6 is 22.6 Å². The van der Waals surface area contributed by atoms with Crippen molar-refractivity contribution in [2.45, 2.75) is 18.9 Å². The zero-order valence-corrected chi connectivity index (χ0v) is 12.4. The Morgan fingerprint density at radius 2 is 2.15 bits per heavy atom. The number of nitro groups is 1. The van der Waals surface area contributed by atoms with Gasteiger partial charge in [0, 0.05) is 22.2 Å².